The van der Waals surface area contributed by atoms with Crippen molar-refractivity contribution in [2.45, 2.75) is 26.7 Å². The van der Waals surface area contributed by atoms with E-state index in [9.17, 15) is 0 Å². The fourth-order valence-electron chi connectivity index (χ4n) is 0.459. The van der Waals surface area contributed by atoms with E-state index in [-0.39, 0.29) is 0 Å². The molecule has 0 atom stereocenters. The molecule has 0 amide bonds. The second-order valence-electron chi connectivity index (χ2n) is 1.89. The SMILES string of the molecule is CCCCOC(=S)SCC. The smallest absolute Gasteiger partial charge is 0.219 e. The van der Waals surface area contributed by atoms with Gasteiger partial charge in [0.1, 0.15) is 0 Å². The van der Waals surface area contributed by atoms with E-state index in [1.54, 1.807) is 11.8 Å². The summed E-state index contributed by atoms with van der Waals surface area (Å²) in [4.78, 5) is 0. The molecule has 0 aromatic rings. The Kier molecular flexibility index (Phi) is 7.52. The van der Waals surface area contributed by atoms with Crippen LogP contribution in [-0.2, 0) is 4.74 Å². The summed E-state index contributed by atoms with van der Waals surface area (Å²) in [6, 6.07) is 0. The molecule has 0 aliphatic carbocycles. The van der Waals surface area contributed by atoms with E-state index in [2.05, 4.69) is 13.8 Å². The van der Waals surface area contributed by atoms with Crippen LogP contribution in [0.25, 0.3) is 0 Å². The number of rotatable bonds is 4. The Balaban J connectivity index is 3.05. The highest BCUT2D eigenvalue weighted by Gasteiger charge is 1.93. The van der Waals surface area contributed by atoms with Crippen molar-refractivity contribution in [2.24, 2.45) is 0 Å². The molecule has 0 radical (unpaired) electrons. The van der Waals surface area contributed by atoms with Crippen LogP contribution in [0.5, 0.6) is 0 Å². The summed E-state index contributed by atoms with van der Waals surface area (Å²) < 4.78 is 5.91. The third-order valence-corrected chi connectivity index (χ3v) is 2.09. The monoisotopic (exact) mass is 178 g/mol. The van der Waals surface area contributed by atoms with E-state index in [0.717, 1.165) is 18.8 Å². The minimum atomic E-state index is 0.691. The molecular formula is C7H14OS2. The molecule has 10 heavy (non-hydrogen) atoms. The summed E-state index contributed by atoms with van der Waals surface area (Å²) in [7, 11) is 0. The molecule has 0 bridgehead atoms. The average Bonchev–Trinajstić information content (AvgIpc) is 1.89. The zero-order valence-corrected chi connectivity index (χ0v) is 8.19. The number of hydrogen-bond acceptors (Lipinski definition) is 3. The highest BCUT2D eigenvalue weighted by atomic mass is 32.2. The topological polar surface area (TPSA) is 9.23 Å². The van der Waals surface area contributed by atoms with Crippen molar-refractivity contribution >= 4 is 28.4 Å². The van der Waals surface area contributed by atoms with E-state index in [0.29, 0.717) is 4.38 Å². The molecule has 0 saturated carbocycles. The van der Waals surface area contributed by atoms with Gasteiger partial charge < -0.3 is 4.74 Å². The fourth-order valence-corrected chi connectivity index (χ4v) is 1.30. The molecular weight excluding hydrogens is 164 g/mol. The summed E-state index contributed by atoms with van der Waals surface area (Å²) in [5.74, 6) is 1.00. The minimum Gasteiger partial charge on any atom is -0.479 e. The van der Waals surface area contributed by atoms with Gasteiger partial charge in [-0.05, 0) is 24.4 Å². The zero-order chi connectivity index (χ0) is 7.82. The highest BCUT2D eigenvalue weighted by molar-refractivity contribution is 8.22. The molecule has 0 N–H and O–H groups in total. The van der Waals surface area contributed by atoms with E-state index >= 15 is 0 Å². The zero-order valence-electron chi connectivity index (χ0n) is 6.55. The molecule has 0 fully saturated rings. The van der Waals surface area contributed by atoms with Gasteiger partial charge in [-0.25, -0.2) is 0 Å². The molecule has 0 spiro atoms. The molecule has 1 nitrogen and oxygen atoms in total. The normalized spacial score (nSPS) is 9.40. The lowest BCUT2D eigenvalue weighted by molar-refractivity contribution is 0.313. The first-order valence-electron chi connectivity index (χ1n) is 3.60. The predicted molar refractivity (Wildman–Crippen MR) is 51.6 cm³/mol. The van der Waals surface area contributed by atoms with Crippen molar-refractivity contribution in [3.8, 4) is 0 Å². The molecule has 0 aliphatic rings. The van der Waals surface area contributed by atoms with Gasteiger partial charge in [-0.1, -0.05) is 32.0 Å². The average molecular weight is 178 g/mol. The molecule has 0 aromatic heterocycles. The maximum absolute atomic E-state index is 5.22. The molecule has 0 aliphatic heterocycles. The first kappa shape index (κ1) is 10.2. The first-order valence-corrected chi connectivity index (χ1v) is 5.00. The second-order valence-corrected chi connectivity index (χ2v) is 3.75. The summed E-state index contributed by atoms with van der Waals surface area (Å²) in [5.41, 5.74) is 0. The standard InChI is InChI=1S/C7H14OS2/c1-3-5-6-8-7(9)10-4-2/h3-6H2,1-2H3. The van der Waals surface area contributed by atoms with Crippen LogP contribution in [0.3, 0.4) is 0 Å². The Bertz CT molecular complexity index is 93.6. The summed E-state index contributed by atoms with van der Waals surface area (Å²) in [5, 5.41) is 0. The van der Waals surface area contributed by atoms with Crippen LogP contribution in [0.4, 0.5) is 0 Å². The van der Waals surface area contributed by atoms with Gasteiger partial charge >= 0.3 is 0 Å². The van der Waals surface area contributed by atoms with Crippen LogP contribution < -0.4 is 0 Å². The Hall–Kier alpha value is 0.240. The fraction of sp³-hybridized carbons (Fsp3) is 0.857. The molecule has 0 aromatic carbocycles. The maximum atomic E-state index is 5.22. The van der Waals surface area contributed by atoms with Crippen LogP contribution in [0, 0.1) is 0 Å². The van der Waals surface area contributed by atoms with E-state index < -0.39 is 0 Å². The van der Waals surface area contributed by atoms with Crippen molar-refractivity contribution in [2.75, 3.05) is 12.4 Å². The van der Waals surface area contributed by atoms with E-state index in [1.807, 2.05) is 0 Å². The van der Waals surface area contributed by atoms with Crippen LogP contribution in [0.2, 0.25) is 0 Å². The lowest BCUT2D eigenvalue weighted by Crippen LogP contribution is -1.98. The molecule has 60 valence electrons. The first-order chi connectivity index (χ1) is 4.81. The molecule has 0 unspecified atom stereocenters. The van der Waals surface area contributed by atoms with Gasteiger partial charge in [-0.2, -0.15) is 0 Å². The van der Waals surface area contributed by atoms with E-state index in [1.165, 1.54) is 6.42 Å². The summed E-state index contributed by atoms with van der Waals surface area (Å²) in [6.45, 7) is 4.99. The predicted octanol–water partition coefficient (Wildman–Crippen LogP) is 2.84. The molecule has 0 rings (SSSR count). The van der Waals surface area contributed by atoms with Crippen molar-refractivity contribution in [3.63, 3.8) is 0 Å². The molecule has 0 heterocycles. The van der Waals surface area contributed by atoms with Crippen LogP contribution in [0.15, 0.2) is 0 Å². The van der Waals surface area contributed by atoms with Gasteiger partial charge in [-0.3, -0.25) is 0 Å². The molecule has 3 heteroatoms. The summed E-state index contributed by atoms with van der Waals surface area (Å²) in [6.07, 6.45) is 2.27. The van der Waals surface area contributed by atoms with Gasteiger partial charge in [0.15, 0.2) is 0 Å². The quantitative estimate of drug-likeness (QED) is 0.484. The Morgan fingerprint density at radius 3 is 2.70 bits per heavy atom. The van der Waals surface area contributed by atoms with Gasteiger partial charge in [-0.15, -0.1) is 0 Å². The largest absolute Gasteiger partial charge is 0.479 e. The third kappa shape index (κ3) is 6.36. The second kappa shape index (κ2) is 7.35. The van der Waals surface area contributed by atoms with Gasteiger partial charge in [0.05, 0.1) is 6.61 Å². The van der Waals surface area contributed by atoms with Gasteiger partial charge in [0, 0.05) is 0 Å². The Labute approximate surface area is 72.5 Å². The highest BCUT2D eigenvalue weighted by Crippen LogP contribution is 2.04. The number of thiocarbonyl (C=S) groups is 1. The Morgan fingerprint density at radius 1 is 1.50 bits per heavy atom. The van der Waals surface area contributed by atoms with Crippen molar-refractivity contribution in [3.05, 3.63) is 0 Å². The number of thioether (sulfide) groups is 1. The number of unbranched alkanes of at least 4 members (excludes halogenated alkanes) is 1. The lowest BCUT2D eigenvalue weighted by atomic mass is 10.4. The van der Waals surface area contributed by atoms with Crippen LogP contribution >= 0.6 is 24.0 Å². The molecule has 0 saturated heterocycles. The van der Waals surface area contributed by atoms with Crippen molar-refractivity contribution < 1.29 is 4.74 Å². The third-order valence-electron chi connectivity index (χ3n) is 0.980. The summed E-state index contributed by atoms with van der Waals surface area (Å²) >= 11 is 6.50. The van der Waals surface area contributed by atoms with Gasteiger partial charge in [0.25, 0.3) is 0 Å². The lowest BCUT2D eigenvalue weighted by Gasteiger charge is -2.03. The van der Waals surface area contributed by atoms with Gasteiger partial charge in [0.2, 0.25) is 4.38 Å². The van der Waals surface area contributed by atoms with Crippen LogP contribution in [-0.4, -0.2) is 16.7 Å². The maximum Gasteiger partial charge on any atom is 0.219 e. The van der Waals surface area contributed by atoms with E-state index in [4.69, 9.17) is 17.0 Å². The van der Waals surface area contributed by atoms with Crippen LogP contribution in [0.1, 0.15) is 26.7 Å². The Morgan fingerprint density at radius 2 is 2.20 bits per heavy atom. The van der Waals surface area contributed by atoms with Crippen molar-refractivity contribution in [1.82, 2.24) is 0 Å². The minimum absolute atomic E-state index is 0.691. The van der Waals surface area contributed by atoms with Crippen molar-refractivity contribution in [1.29, 1.82) is 0 Å². The number of ether oxygens (including phenoxy) is 1. The number of hydrogen-bond donors (Lipinski definition) is 0.